The monoisotopic (exact) mass is 549 g/mol. The molecule has 2 atom stereocenters. The molecule has 4 fully saturated rings. The molecule has 0 unspecified atom stereocenters. The van der Waals surface area contributed by atoms with Crippen molar-refractivity contribution in [1.82, 2.24) is 19.9 Å². The number of fused-ring (bicyclic) bond motifs is 1. The van der Waals surface area contributed by atoms with E-state index in [-0.39, 0.29) is 24.0 Å². The summed E-state index contributed by atoms with van der Waals surface area (Å²) in [5.74, 6) is 0.735. The average molecular weight is 550 g/mol. The average Bonchev–Trinajstić information content (AvgIpc) is 3.44. The van der Waals surface area contributed by atoms with Gasteiger partial charge in [-0.3, -0.25) is 9.69 Å². The second-order valence-corrected chi connectivity index (χ2v) is 12.8. The van der Waals surface area contributed by atoms with Gasteiger partial charge in [0.05, 0.1) is 35.6 Å². The van der Waals surface area contributed by atoms with Gasteiger partial charge in [-0.2, -0.15) is 0 Å². The maximum Gasteiger partial charge on any atom is 0.229 e. The van der Waals surface area contributed by atoms with Crippen LogP contribution in [0.25, 0.3) is 21.3 Å². The zero-order valence-electron chi connectivity index (χ0n) is 22.1. The molecule has 3 aliphatic carbocycles. The molecule has 9 nitrogen and oxygen atoms in total. The number of nitrogens with one attached hydrogen (secondary N) is 1. The van der Waals surface area contributed by atoms with Crippen LogP contribution in [0.15, 0.2) is 30.6 Å². The molecule has 1 aliphatic heterocycles. The first-order chi connectivity index (χ1) is 19.0. The van der Waals surface area contributed by atoms with Gasteiger partial charge in [-0.15, -0.1) is 0 Å². The minimum absolute atomic E-state index is 0.0495. The maximum atomic E-state index is 13.0. The zero-order chi connectivity index (χ0) is 26.4. The molecule has 1 spiro atoms. The third-order valence-electron chi connectivity index (χ3n) is 8.93. The highest BCUT2D eigenvalue weighted by atomic mass is 32.1. The van der Waals surface area contributed by atoms with Crippen LogP contribution < -0.4 is 5.32 Å². The third kappa shape index (κ3) is 5.45. The minimum atomic E-state index is -0.384. The third-order valence-corrected chi connectivity index (χ3v) is 9.86. The van der Waals surface area contributed by atoms with Crippen LogP contribution in [-0.4, -0.2) is 75.4 Å². The Morgan fingerprint density at radius 3 is 2.82 bits per heavy atom. The van der Waals surface area contributed by atoms with E-state index in [4.69, 9.17) is 9.47 Å². The number of anilines is 1. The lowest BCUT2D eigenvalue weighted by Crippen LogP contribution is -2.50. The SMILES string of the molecule is O=C(Nc1nc2ccc(-c3cnc(CO[C@H]4CCC[C@@H]4O)nc3)cc2s1)C1CC(N2CCOCC3(CC3)C2)C1. The van der Waals surface area contributed by atoms with Crippen LogP contribution in [-0.2, 0) is 20.9 Å². The molecule has 0 radical (unpaired) electrons. The van der Waals surface area contributed by atoms with Crippen molar-refractivity contribution in [3.63, 3.8) is 0 Å². The van der Waals surface area contributed by atoms with E-state index in [0.717, 1.165) is 79.8 Å². The van der Waals surface area contributed by atoms with Gasteiger partial charge < -0.3 is 19.9 Å². The van der Waals surface area contributed by atoms with E-state index in [1.165, 1.54) is 24.2 Å². The number of amides is 1. The van der Waals surface area contributed by atoms with Crippen molar-refractivity contribution in [2.75, 3.05) is 31.6 Å². The van der Waals surface area contributed by atoms with Crippen LogP contribution in [0.3, 0.4) is 0 Å². The first-order valence-electron chi connectivity index (χ1n) is 14.2. The van der Waals surface area contributed by atoms with Gasteiger partial charge in [0.1, 0.15) is 6.61 Å². The van der Waals surface area contributed by atoms with Gasteiger partial charge in [0, 0.05) is 48.4 Å². The Hall–Kier alpha value is -2.50. The number of hydrogen-bond donors (Lipinski definition) is 2. The predicted molar refractivity (Wildman–Crippen MR) is 148 cm³/mol. The molecule has 3 saturated carbocycles. The van der Waals surface area contributed by atoms with Crippen molar-refractivity contribution in [1.29, 1.82) is 0 Å². The Morgan fingerprint density at radius 2 is 2.05 bits per heavy atom. The second kappa shape index (κ2) is 10.5. The summed E-state index contributed by atoms with van der Waals surface area (Å²) >= 11 is 1.50. The minimum Gasteiger partial charge on any atom is -0.390 e. The van der Waals surface area contributed by atoms with Crippen LogP contribution in [0.5, 0.6) is 0 Å². The molecule has 3 heterocycles. The molecule has 3 aromatic rings. The molecule has 1 amide bonds. The molecule has 2 aromatic heterocycles. The summed E-state index contributed by atoms with van der Waals surface area (Å²) in [6, 6.07) is 6.54. The molecule has 1 aromatic carbocycles. The van der Waals surface area contributed by atoms with Crippen LogP contribution in [0.1, 0.15) is 50.8 Å². The summed E-state index contributed by atoms with van der Waals surface area (Å²) in [7, 11) is 0. The van der Waals surface area contributed by atoms with E-state index in [0.29, 0.717) is 29.0 Å². The molecule has 7 rings (SSSR count). The predicted octanol–water partition coefficient (Wildman–Crippen LogP) is 4.01. The second-order valence-electron chi connectivity index (χ2n) is 11.8. The van der Waals surface area contributed by atoms with Gasteiger partial charge in [-0.05, 0) is 62.6 Å². The van der Waals surface area contributed by atoms with Crippen molar-refractivity contribution in [2.24, 2.45) is 11.3 Å². The number of ether oxygens (including phenoxy) is 2. The summed E-state index contributed by atoms with van der Waals surface area (Å²) in [6.45, 7) is 4.11. The smallest absolute Gasteiger partial charge is 0.229 e. The molecular weight excluding hydrogens is 514 g/mol. The number of thiazole rings is 1. The number of carbonyl (C=O) groups excluding carboxylic acids is 1. The fourth-order valence-corrected chi connectivity index (χ4v) is 7.05. The number of hydrogen-bond acceptors (Lipinski definition) is 9. The standard InChI is InChI=1S/C29H35N5O4S/c35-23-2-1-3-24(23)38-15-26-30-13-20(14-31-26)18-4-5-22-25(12-18)39-28(32-22)33-27(36)19-10-21(11-19)34-8-9-37-17-29(16-34)6-7-29/h4-5,12-14,19,21,23-24,35H,1-3,6-11,15-17H2,(H,32,33,36)/t19?,21?,23-,24-/m0/s1. The number of nitrogens with zero attached hydrogens (tertiary/aromatic N) is 4. The summed E-state index contributed by atoms with van der Waals surface area (Å²) in [4.78, 5) is 29.1. The number of benzene rings is 1. The quantitative estimate of drug-likeness (QED) is 0.455. The van der Waals surface area contributed by atoms with E-state index in [9.17, 15) is 9.90 Å². The number of carbonyl (C=O) groups is 1. The lowest BCUT2D eigenvalue weighted by Gasteiger charge is -2.42. The Balaban J connectivity index is 0.944. The van der Waals surface area contributed by atoms with Crippen LogP contribution >= 0.6 is 11.3 Å². The zero-order valence-corrected chi connectivity index (χ0v) is 22.9. The van der Waals surface area contributed by atoms with Crippen molar-refractivity contribution < 1.29 is 19.4 Å². The van der Waals surface area contributed by atoms with E-state index in [1.54, 1.807) is 12.4 Å². The normalized spacial score (nSPS) is 28.3. The molecule has 206 valence electrons. The van der Waals surface area contributed by atoms with E-state index >= 15 is 0 Å². The molecule has 0 bridgehead atoms. The Morgan fingerprint density at radius 1 is 1.21 bits per heavy atom. The highest BCUT2D eigenvalue weighted by Crippen LogP contribution is 2.48. The van der Waals surface area contributed by atoms with Gasteiger partial charge in [0.15, 0.2) is 11.0 Å². The topological polar surface area (TPSA) is 110 Å². The number of aromatic nitrogens is 3. The van der Waals surface area contributed by atoms with E-state index in [2.05, 4.69) is 31.2 Å². The number of aliphatic hydroxyl groups excluding tert-OH is 1. The van der Waals surface area contributed by atoms with Gasteiger partial charge in [0.2, 0.25) is 5.91 Å². The van der Waals surface area contributed by atoms with Gasteiger partial charge in [0.25, 0.3) is 0 Å². The lowest BCUT2D eigenvalue weighted by molar-refractivity contribution is -0.124. The van der Waals surface area contributed by atoms with Crippen LogP contribution in [0, 0.1) is 11.3 Å². The summed E-state index contributed by atoms with van der Waals surface area (Å²) < 4.78 is 12.6. The van der Waals surface area contributed by atoms with Crippen molar-refractivity contribution >= 4 is 32.6 Å². The van der Waals surface area contributed by atoms with Gasteiger partial charge in [-0.1, -0.05) is 17.4 Å². The summed E-state index contributed by atoms with van der Waals surface area (Å²) in [6.07, 6.45) is 10.2. The Bertz CT molecular complexity index is 1340. The molecule has 2 N–H and O–H groups in total. The maximum absolute atomic E-state index is 13.0. The van der Waals surface area contributed by atoms with Gasteiger partial charge in [-0.25, -0.2) is 15.0 Å². The molecule has 10 heteroatoms. The fraction of sp³-hybridized carbons (Fsp3) is 0.586. The van der Waals surface area contributed by atoms with Crippen LogP contribution in [0.4, 0.5) is 5.13 Å². The van der Waals surface area contributed by atoms with Crippen molar-refractivity contribution in [2.45, 2.75) is 69.8 Å². The van der Waals surface area contributed by atoms with Crippen molar-refractivity contribution in [3.05, 3.63) is 36.4 Å². The largest absolute Gasteiger partial charge is 0.390 e. The number of aliphatic hydroxyl groups is 1. The summed E-state index contributed by atoms with van der Waals surface area (Å²) in [5.41, 5.74) is 3.17. The van der Waals surface area contributed by atoms with E-state index < -0.39 is 0 Å². The van der Waals surface area contributed by atoms with E-state index in [1.807, 2.05) is 12.1 Å². The van der Waals surface area contributed by atoms with Gasteiger partial charge >= 0.3 is 0 Å². The molecular formula is C29H35N5O4S. The number of rotatable bonds is 7. The van der Waals surface area contributed by atoms with Crippen molar-refractivity contribution in [3.8, 4) is 11.1 Å². The summed E-state index contributed by atoms with van der Waals surface area (Å²) in [5, 5.41) is 13.6. The lowest BCUT2D eigenvalue weighted by atomic mass is 9.78. The van der Waals surface area contributed by atoms with Crippen LogP contribution in [0.2, 0.25) is 0 Å². The fourth-order valence-electron chi connectivity index (χ4n) is 6.14. The first kappa shape index (κ1) is 25.5. The Kier molecular flexibility index (Phi) is 6.84. The first-order valence-corrected chi connectivity index (χ1v) is 15.0. The Labute approximate surface area is 232 Å². The molecule has 4 aliphatic rings. The highest BCUT2D eigenvalue weighted by Gasteiger charge is 2.48. The molecule has 1 saturated heterocycles. The highest BCUT2D eigenvalue weighted by molar-refractivity contribution is 7.22. The molecule has 39 heavy (non-hydrogen) atoms.